The first-order valence-corrected chi connectivity index (χ1v) is 11.4. The van der Waals surface area contributed by atoms with Gasteiger partial charge >= 0.3 is 0 Å². The Morgan fingerprint density at radius 1 is 1.03 bits per heavy atom. The average Bonchev–Trinajstić information content (AvgIpc) is 3.43. The summed E-state index contributed by atoms with van der Waals surface area (Å²) in [4.78, 5) is 15.2. The normalized spacial score (nSPS) is 26.2. The number of carbonyl (C=O) groups excluding carboxylic acids is 1. The van der Waals surface area contributed by atoms with Crippen LogP contribution < -0.4 is 5.11 Å². The van der Waals surface area contributed by atoms with Crippen molar-refractivity contribution in [2.45, 2.75) is 18.9 Å². The SMILES string of the molecule is O=C([O-])C12CN(Cc3ccccc3)CC1C(c1ccsc1)=CCC2c1ccccc1. The number of carboxylic acids is 1. The highest BCUT2D eigenvalue weighted by Gasteiger charge is 2.55. The van der Waals surface area contributed by atoms with Crippen LogP contribution in [0.5, 0.6) is 0 Å². The van der Waals surface area contributed by atoms with Gasteiger partial charge in [0.15, 0.2) is 0 Å². The van der Waals surface area contributed by atoms with Gasteiger partial charge in [0, 0.05) is 36.9 Å². The van der Waals surface area contributed by atoms with Gasteiger partial charge in [-0.25, -0.2) is 0 Å². The highest BCUT2D eigenvalue weighted by molar-refractivity contribution is 7.08. The number of aliphatic carboxylic acids is 1. The average molecular weight is 415 g/mol. The van der Waals surface area contributed by atoms with Crippen molar-refractivity contribution < 1.29 is 9.90 Å². The van der Waals surface area contributed by atoms with E-state index in [1.165, 1.54) is 11.1 Å². The number of carbonyl (C=O) groups is 1. The number of hydrogen-bond donors (Lipinski definition) is 0. The molecule has 2 heterocycles. The van der Waals surface area contributed by atoms with Crippen LogP contribution in [0.1, 0.15) is 29.0 Å². The van der Waals surface area contributed by atoms with Crippen LogP contribution in [0.2, 0.25) is 0 Å². The minimum atomic E-state index is -0.928. The van der Waals surface area contributed by atoms with Crippen LogP contribution in [-0.4, -0.2) is 24.0 Å². The molecule has 1 aliphatic heterocycles. The number of nitrogens with zero attached hydrogens (tertiary/aromatic N) is 1. The molecule has 5 rings (SSSR count). The van der Waals surface area contributed by atoms with E-state index in [4.69, 9.17) is 0 Å². The van der Waals surface area contributed by atoms with Gasteiger partial charge in [-0.05, 0) is 45.5 Å². The lowest BCUT2D eigenvalue weighted by molar-refractivity contribution is -0.321. The Balaban J connectivity index is 1.58. The third kappa shape index (κ3) is 3.21. The monoisotopic (exact) mass is 414 g/mol. The van der Waals surface area contributed by atoms with Crippen molar-refractivity contribution in [3.8, 4) is 0 Å². The van der Waals surface area contributed by atoms with E-state index in [1.807, 2.05) is 36.4 Å². The Labute approximate surface area is 181 Å². The van der Waals surface area contributed by atoms with E-state index in [-0.39, 0.29) is 11.8 Å². The summed E-state index contributed by atoms with van der Waals surface area (Å²) >= 11 is 1.66. The number of fused-ring (bicyclic) bond motifs is 1. The zero-order chi connectivity index (χ0) is 20.6. The van der Waals surface area contributed by atoms with Crippen LogP contribution in [0.3, 0.4) is 0 Å². The van der Waals surface area contributed by atoms with Gasteiger partial charge in [-0.3, -0.25) is 4.90 Å². The van der Waals surface area contributed by atoms with E-state index in [0.717, 1.165) is 30.6 Å². The number of likely N-dealkylation sites (tertiary alicyclic amines) is 1. The van der Waals surface area contributed by atoms with E-state index >= 15 is 0 Å². The molecule has 152 valence electrons. The molecule has 1 saturated heterocycles. The van der Waals surface area contributed by atoms with Crippen LogP contribution in [0.15, 0.2) is 83.6 Å². The molecular formula is C26H24NO2S-. The molecule has 4 heteroatoms. The lowest BCUT2D eigenvalue weighted by Gasteiger charge is -2.46. The maximum atomic E-state index is 12.9. The lowest BCUT2D eigenvalue weighted by Crippen LogP contribution is -2.53. The zero-order valence-electron chi connectivity index (χ0n) is 16.7. The van der Waals surface area contributed by atoms with Crippen LogP contribution in [-0.2, 0) is 11.3 Å². The summed E-state index contributed by atoms with van der Waals surface area (Å²) in [6.07, 6.45) is 3.00. The molecule has 1 aromatic heterocycles. The molecule has 3 aromatic rings. The third-order valence-corrected chi connectivity index (χ3v) is 7.49. The van der Waals surface area contributed by atoms with Crippen molar-refractivity contribution in [1.29, 1.82) is 0 Å². The quantitative estimate of drug-likeness (QED) is 0.629. The van der Waals surface area contributed by atoms with Crippen LogP contribution in [0.25, 0.3) is 5.57 Å². The largest absolute Gasteiger partial charge is 0.549 e. The second kappa shape index (κ2) is 7.86. The van der Waals surface area contributed by atoms with Gasteiger partial charge in [0.2, 0.25) is 0 Å². The molecule has 30 heavy (non-hydrogen) atoms. The van der Waals surface area contributed by atoms with Crippen LogP contribution in [0, 0.1) is 11.3 Å². The number of hydrogen-bond acceptors (Lipinski definition) is 4. The van der Waals surface area contributed by atoms with Crippen molar-refractivity contribution in [2.24, 2.45) is 11.3 Å². The molecule has 2 aromatic carbocycles. The molecule has 0 bridgehead atoms. The van der Waals surface area contributed by atoms with Crippen LogP contribution in [0.4, 0.5) is 0 Å². The minimum Gasteiger partial charge on any atom is -0.549 e. The fraction of sp³-hybridized carbons (Fsp3) is 0.269. The predicted molar refractivity (Wildman–Crippen MR) is 119 cm³/mol. The third-order valence-electron chi connectivity index (χ3n) is 6.80. The molecule has 1 aliphatic carbocycles. The van der Waals surface area contributed by atoms with E-state index in [2.05, 4.69) is 52.1 Å². The summed E-state index contributed by atoms with van der Waals surface area (Å²) in [5, 5.41) is 17.1. The van der Waals surface area contributed by atoms with E-state index in [0.29, 0.717) is 6.54 Å². The van der Waals surface area contributed by atoms with Gasteiger partial charge in [0.1, 0.15) is 0 Å². The molecule has 0 N–H and O–H groups in total. The first-order valence-electron chi connectivity index (χ1n) is 10.4. The Bertz CT molecular complexity index is 1050. The van der Waals surface area contributed by atoms with Gasteiger partial charge in [-0.15, -0.1) is 0 Å². The summed E-state index contributed by atoms with van der Waals surface area (Å²) in [5.74, 6) is -1.09. The molecule has 0 saturated carbocycles. The molecule has 1 fully saturated rings. The Morgan fingerprint density at radius 3 is 2.43 bits per heavy atom. The maximum Gasteiger partial charge on any atom is 0.0501 e. The number of rotatable bonds is 5. The van der Waals surface area contributed by atoms with Gasteiger partial charge < -0.3 is 9.90 Å². The fourth-order valence-electron chi connectivity index (χ4n) is 5.47. The van der Waals surface area contributed by atoms with E-state index in [9.17, 15) is 9.90 Å². The Kier molecular flexibility index (Phi) is 5.05. The number of thiophene rings is 1. The second-order valence-electron chi connectivity index (χ2n) is 8.41. The Morgan fingerprint density at radius 2 is 1.77 bits per heavy atom. The Hall–Kier alpha value is -2.69. The molecule has 3 atom stereocenters. The van der Waals surface area contributed by atoms with Crippen molar-refractivity contribution in [1.82, 2.24) is 4.90 Å². The highest BCUT2D eigenvalue weighted by Crippen LogP contribution is 2.56. The topological polar surface area (TPSA) is 43.4 Å². The molecule has 0 amide bonds. The van der Waals surface area contributed by atoms with Gasteiger partial charge in [0.25, 0.3) is 0 Å². The number of allylic oxidation sites excluding steroid dienone is 1. The van der Waals surface area contributed by atoms with Crippen molar-refractivity contribution in [2.75, 3.05) is 13.1 Å². The van der Waals surface area contributed by atoms with E-state index in [1.54, 1.807) is 11.3 Å². The molecule has 0 spiro atoms. The molecule has 2 aliphatic rings. The fourth-order valence-corrected chi connectivity index (χ4v) is 6.13. The summed E-state index contributed by atoms with van der Waals surface area (Å²) in [6, 6.07) is 22.5. The standard InChI is InChI=1S/C26H25NO2S/c28-25(29)26-18-27(15-19-7-3-1-4-8-19)16-24(26)22(21-13-14-30-17-21)11-12-23(26)20-9-5-2-6-10-20/h1-11,13-14,17,23-24H,12,15-16,18H2,(H,28,29)/p-1. The first-order chi connectivity index (χ1) is 14.7. The van der Waals surface area contributed by atoms with Crippen LogP contribution >= 0.6 is 11.3 Å². The van der Waals surface area contributed by atoms with Crippen molar-refractivity contribution in [3.05, 3.63) is 100 Å². The molecule has 3 unspecified atom stereocenters. The second-order valence-corrected chi connectivity index (χ2v) is 9.19. The van der Waals surface area contributed by atoms with Crippen molar-refractivity contribution >= 4 is 22.9 Å². The van der Waals surface area contributed by atoms with Gasteiger partial charge in [-0.2, -0.15) is 11.3 Å². The van der Waals surface area contributed by atoms with Crippen molar-refractivity contribution in [3.63, 3.8) is 0 Å². The summed E-state index contributed by atoms with van der Waals surface area (Å²) in [7, 11) is 0. The van der Waals surface area contributed by atoms with E-state index < -0.39 is 11.4 Å². The number of benzene rings is 2. The molecule has 0 radical (unpaired) electrons. The molecular weight excluding hydrogens is 390 g/mol. The predicted octanol–water partition coefficient (Wildman–Crippen LogP) is 4.19. The summed E-state index contributed by atoms with van der Waals surface area (Å²) in [5.41, 5.74) is 3.70. The summed E-state index contributed by atoms with van der Waals surface area (Å²) in [6.45, 7) is 1.99. The minimum absolute atomic E-state index is 0.0835. The van der Waals surface area contributed by atoms with Gasteiger partial charge in [-0.1, -0.05) is 66.7 Å². The highest BCUT2D eigenvalue weighted by atomic mass is 32.1. The number of carboxylic acid groups (broad SMARTS) is 1. The first kappa shape index (κ1) is 19.3. The van der Waals surface area contributed by atoms with Gasteiger partial charge in [0.05, 0.1) is 5.97 Å². The summed E-state index contributed by atoms with van der Waals surface area (Å²) < 4.78 is 0. The zero-order valence-corrected chi connectivity index (χ0v) is 17.6. The smallest absolute Gasteiger partial charge is 0.0501 e. The maximum absolute atomic E-state index is 12.9. The lowest BCUT2D eigenvalue weighted by atomic mass is 9.59. The molecule has 3 nitrogen and oxygen atoms in total.